The molecule has 0 spiro atoms. The minimum atomic E-state index is -1.01. The maximum atomic E-state index is 5.77. The third-order valence-corrected chi connectivity index (χ3v) is 4.81. The number of benzene rings is 1. The first kappa shape index (κ1) is 14.0. The molecule has 2 aromatic rings. The van der Waals surface area contributed by atoms with Crippen LogP contribution in [0, 0.1) is 0 Å². The SMILES string of the molecule is C=Cc1ccc2ncn(COCC[Si](C)(C)C)c2c1. The van der Waals surface area contributed by atoms with E-state index in [4.69, 9.17) is 4.74 Å². The first-order valence-corrected chi connectivity index (χ1v) is 10.4. The minimum Gasteiger partial charge on any atom is -0.361 e. The summed E-state index contributed by atoms with van der Waals surface area (Å²) in [6.45, 7) is 12.3. The molecular formula is C15H22N2OSi. The highest BCUT2D eigenvalue weighted by Crippen LogP contribution is 2.16. The van der Waals surface area contributed by atoms with Crippen molar-refractivity contribution in [2.75, 3.05) is 6.61 Å². The van der Waals surface area contributed by atoms with Crippen LogP contribution in [-0.2, 0) is 11.5 Å². The molecule has 0 bridgehead atoms. The normalized spacial score (nSPS) is 11.9. The molecule has 1 aromatic heterocycles. The van der Waals surface area contributed by atoms with Crippen LogP contribution in [-0.4, -0.2) is 24.2 Å². The smallest absolute Gasteiger partial charge is 0.124 e. The van der Waals surface area contributed by atoms with E-state index in [9.17, 15) is 0 Å². The van der Waals surface area contributed by atoms with Gasteiger partial charge in [-0.3, -0.25) is 0 Å². The molecule has 0 N–H and O–H groups in total. The lowest BCUT2D eigenvalue weighted by Crippen LogP contribution is -2.21. The van der Waals surface area contributed by atoms with Gasteiger partial charge in [0.2, 0.25) is 0 Å². The van der Waals surface area contributed by atoms with Gasteiger partial charge in [-0.15, -0.1) is 0 Å². The Morgan fingerprint density at radius 1 is 1.37 bits per heavy atom. The number of fused-ring (bicyclic) bond motifs is 1. The van der Waals surface area contributed by atoms with Crippen molar-refractivity contribution < 1.29 is 4.74 Å². The van der Waals surface area contributed by atoms with Gasteiger partial charge in [-0.05, 0) is 23.7 Å². The molecule has 0 saturated heterocycles. The molecule has 0 atom stereocenters. The molecule has 19 heavy (non-hydrogen) atoms. The molecule has 0 radical (unpaired) electrons. The highest BCUT2D eigenvalue weighted by Gasteiger charge is 2.12. The Balaban J connectivity index is 2.02. The molecule has 0 aliphatic rings. The number of hydrogen-bond donors (Lipinski definition) is 0. The lowest BCUT2D eigenvalue weighted by Gasteiger charge is -2.15. The van der Waals surface area contributed by atoms with Crippen molar-refractivity contribution in [3.63, 3.8) is 0 Å². The molecule has 102 valence electrons. The predicted octanol–water partition coefficient (Wildman–Crippen LogP) is 3.99. The Labute approximate surface area is 115 Å². The summed E-state index contributed by atoms with van der Waals surface area (Å²) in [6, 6.07) is 7.33. The number of rotatable bonds is 6. The summed E-state index contributed by atoms with van der Waals surface area (Å²) in [5.74, 6) is 0. The zero-order valence-corrected chi connectivity index (χ0v) is 13.0. The summed E-state index contributed by atoms with van der Waals surface area (Å²) < 4.78 is 7.82. The molecule has 4 heteroatoms. The Morgan fingerprint density at radius 2 is 2.16 bits per heavy atom. The maximum absolute atomic E-state index is 5.77. The van der Waals surface area contributed by atoms with Gasteiger partial charge in [0.1, 0.15) is 6.73 Å². The van der Waals surface area contributed by atoms with Gasteiger partial charge in [-0.2, -0.15) is 0 Å². The second kappa shape index (κ2) is 5.71. The number of imidazole rings is 1. The van der Waals surface area contributed by atoms with Crippen molar-refractivity contribution in [2.24, 2.45) is 0 Å². The minimum absolute atomic E-state index is 0.571. The topological polar surface area (TPSA) is 27.1 Å². The van der Waals surface area contributed by atoms with Gasteiger partial charge in [-0.25, -0.2) is 4.98 Å². The lowest BCUT2D eigenvalue weighted by molar-refractivity contribution is 0.0898. The Bertz CT molecular complexity index is 569. The van der Waals surface area contributed by atoms with Crippen molar-refractivity contribution in [1.82, 2.24) is 9.55 Å². The summed E-state index contributed by atoms with van der Waals surface area (Å²) in [5.41, 5.74) is 3.21. The van der Waals surface area contributed by atoms with Crippen molar-refractivity contribution in [3.05, 3.63) is 36.7 Å². The average molecular weight is 274 g/mol. The van der Waals surface area contributed by atoms with Gasteiger partial charge in [0.15, 0.2) is 0 Å². The molecule has 0 fully saturated rings. The quantitative estimate of drug-likeness (QED) is 0.588. The van der Waals surface area contributed by atoms with Crippen LogP contribution in [0.2, 0.25) is 25.7 Å². The van der Waals surface area contributed by atoms with Crippen LogP contribution in [0.15, 0.2) is 31.1 Å². The van der Waals surface area contributed by atoms with Crippen molar-refractivity contribution >= 4 is 25.2 Å². The van der Waals surface area contributed by atoms with Crippen LogP contribution in [0.25, 0.3) is 17.1 Å². The van der Waals surface area contributed by atoms with E-state index in [0.717, 1.165) is 23.2 Å². The van der Waals surface area contributed by atoms with E-state index in [1.54, 1.807) is 0 Å². The van der Waals surface area contributed by atoms with Crippen LogP contribution in [0.4, 0.5) is 0 Å². The molecule has 0 aliphatic carbocycles. The van der Waals surface area contributed by atoms with E-state index in [-0.39, 0.29) is 0 Å². The van der Waals surface area contributed by atoms with Gasteiger partial charge in [-0.1, -0.05) is 38.4 Å². The second-order valence-corrected chi connectivity index (χ2v) is 11.6. The Kier molecular flexibility index (Phi) is 4.22. The fraction of sp³-hybridized carbons (Fsp3) is 0.400. The third-order valence-electron chi connectivity index (χ3n) is 3.11. The van der Waals surface area contributed by atoms with Crippen LogP contribution in [0.3, 0.4) is 0 Å². The summed E-state index contributed by atoms with van der Waals surface area (Å²) >= 11 is 0. The van der Waals surface area contributed by atoms with E-state index >= 15 is 0 Å². The fourth-order valence-corrected chi connectivity index (χ4v) is 2.60. The summed E-state index contributed by atoms with van der Waals surface area (Å²) in [6.07, 6.45) is 3.69. The van der Waals surface area contributed by atoms with E-state index in [2.05, 4.69) is 37.3 Å². The van der Waals surface area contributed by atoms with Crippen LogP contribution in [0.5, 0.6) is 0 Å². The molecule has 0 unspecified atom stereocenters. The van der Waals surface area contributed by atoms with Gasteiger partial charge in [0, 0.05) is 14.7 Å². The largest absolute Gasteiger partial charge is 0.361 e. The molecule has 3 nitrogen and oxygen atoms in total. The number of aromatic nitrogens is 2. The number of ether oxygens (including phenoxy) is 1. The van der Waals surface area contributed by atoms with Crippen molar-refractivity contribution in [2.45, 2.75) is 32.4 Å². The molecule has 2 rings (SSSR count). The highest BCUT2D eigenvalue weighted by molar-refractivity contribution is 6.76. The molecular weight excluding hydrogens is 252 g/mol. The van der Waals surface area contributed by atoms with E-state index < -0.39 is 8.07 Å². The van der Waals surface area contributed by atoms with E-state index in [1.165, 1.54) is 6.04 Å². The van der Waals surface area contributed by atoms with E-state index in [0.29, 0.717) is 6.73 Å². The second-order valence-electron chi connectivity index (χ2n) is 6.01. The van der Waals surface area contributed by atoms with Gasteiger partial charge in [0.05, 0.1) is 17.4 Å². The molecule has 0 saturated carbocycles. The first-order valence-electron chi connectivity index (χ1n) is 6.65. The highest BCUT2D eigenvalue weighted by atomic mass is 28.3. The van der Waals surface area contributed by atoms with Crippen molar-refractivity contribution in [1.29, 1.82) is 0 Å². The third kappa shape index (κ3) is 3.78. The number of nitrogens with zero attached hydrogens (tertiary/aromatic N) is 2. The average Bonchev–Trinajstić information content (AvgIpc) is 2.76. The Morgan fingerprint density at radius 3 is 2.84 bits per heavy atom. The van der Waals surface area contributed by atoms with Crippen LogP contribution >= 0.6 is 0 Å². The first-order chi connectivity index (χ1) is 8.99. The van der Waals surface area contributed by atoms with Gasteiger partial charge < -0.3 is 9.30 Å². The monoisotopic (exact) mass is 274 g/mol. The van der Waals surface area contributed by atoms with Gasteiger partial charge in [0.25, 0.3) is 0 Å². The zero-order chi connectivity index (χ0) is 13.9. The summed E-state index contributed by atoms with van der Waals surface area (Å²) in [4.78, 5) is 4.38. The zero-order valence-electron chi connectivity index (χ0n) is 12.0. The molecule has 1 heterocycles. The molecule has 0 aliphatic heterocycles. The van der Waals surface area contributed by atoms with E-state index in [1.807, 2.05) is 29.1 Å². The lowest BCUT2D eigenvalue weighted by atomic mass is 10.2. The fourth-order valence-electron chi connectivity index (χ4n) is 1.84. The Hall–Kier alpha value is -1.39. The molecule has 0 amide bonds. The number of hydrogen-bond acceptors (Lipinski definition) is 2. The molecule has 1 aromatic carbocycles. The van der Waals surface area contributed by atoms with Gasteiger partial charge >= 0.3 is 0 Å². The standard InChI is InChI=1S/C15H22N2OSi/c1-5-13-6-7-14-15(10-13)17(11-16-14)12-18-8-9-19(2,3)4/h5-7,10-11H,1,8-9,12H2,2-4H3. The summed E-state index contributed by atoms with van der Waals surface area (Å²) in [5, 5.41) is 0. The van der Waals surface area contributed by atoms with Crippen LogP contribution < -0.4 is 0 Å². The predicted molar refractivity (Wildman–Crippen MR) is 83.9 cm³/mol. The summed E-state index contributed by atoms with van der Waals surface area (Å²) in [7, 11) is -1.01. The van der Waals surface area contributed by atoms with Crippen molar-refractivity contribution in [3.8, 4) is 0 Å². The van der Waals surface area contributed by atoms with Crippen LogP contribution in [0.1, 0.15) is 5.56 Å². The maximum Gasteiger partial charge on any atom is 0.124 e.